The Balaban J connectivity index is 1.54. The second-order valence-electron chi connectivity index (χ2n) is 8.27. The maximum Gasteiger partial charge on any atom is 0.340 e. The van der Waals surface area contributed by atoms with Crippen molar-refractivity contribution in [2.45, 2.75) is 43.7 Å². The summed E-state index contributed by atoms with van der Waals surface area (Å²) >= 11 is 0. The normalized spacial score (nSPS) is 24.5. The number of phenolic OH excluding ortho intramolecular Hbond substituents is 2. The summed E-state index contributed by atoms with van der Waals surface area (Å²) in [6.07, 6.45) is -10.9. The topological polar surface area (TPSA) is 213 Å². The van der Waals surface area contributed by atoms with Gasteiger partial charge in [-0.15, -0.1) is 0 Å². The summed E-state index contributed by atoms with van der Waals surface area (Å²) < 4.78 is 21.1. The van der Waals surface area contributed by atoms with E-state index in [1.807, 2.05) is 0 Å². The number of aliphatic hydroxyl groups is 3. The van der Waals surface area contributed by atoms with Gasteiger partial charge in [0.1, 0.15) is 52.3 Å². The molecule has 13 nitrogen and oxygen atoms in total. The van der Waals surface area contributed by atoms with Gasteiger partial charge in [0.15, 0.2) is 23.9 Å². The molecule has 1 aromatic heterocycles. The van der Waals surface area contributed by atoms with Crippen molar-refractivity contribution in [3.8, 4) is 28.6 Å². The van der Waals surface area contributed by atoms with Crippen LogP contribution in [-0.4, -0.2) is 79.4 Å². The summed E-state index contributed by atoms with van der Waals surface area (Å²) in [5.41, 5.74) is -0.230. The quantitative estimate of drug-likeness (QED) is 0.189. The Morgan fingerprint density at radius 1 is 0.973 bits per heavy atom. The number of aromatic hydroxyl groups is 2. The number of aliphatic hydroxyl groups excluding tert-OH is 3. The molecule has 1 fully saturated rings. The van der Waals surface area contributed by atoms with Crippen LogP contribution in [0.3, 0.4) is 0 Å². The minimum atomic E-state index is -1.93. The van der Waals surface area contributed by atoms with E-state index in [4.69, 9.17) is 23.7 Å². The third-order valence-electron chi connectivity index (χ3n) is 5.64. The molecule has 1 saturated heterocycles. The number of ether oxygens (including phenoxy) is 3. The van der Waals surface area contributed by atoms with E-state index >= 15 is 0 Å². The molecule has 4 rings (SSSR count). The van der Waals surface area contributed by atoms with Crippen molar-refractivity contribution >= 4 is 22.9 Å². The maximum atomic E-state index is 12.6. The van der Waals surface area contributed by atoms with Gasteiger partial charge in [-0.25, -0.2) is 9.59 Å². The van der Waals surface area contributed by atoms with Crippen LogP contribution in [0.25, 0.3) is 22.3 Å². The van der Waals surface area contributed by atoms with Crippen molar-refractivity contribution < 1.29 is 58.9 Å². The Hall–Kier alpha value is -4.01. The molecule has 1 aliphatic heterocycles. The first kappa shape index (κ1) is 26.1. The summed E-state index contributed by atoms with van der Waals surface area (Å²) in [5.74, 6) is -3.34. The van der Waals surface area contributed by atoms with Gasteiger partial charge >= 0.3 is 11.9 Å². The highest BCUT2D eigenvalue weighted by Gasteiger charge is 2.48. The van der Waals surface area contributed by atoms with Gasteiger partial charge in [0.05, 0.1) is 0 Å². The van der Waals surface area contributed by atoms with Crippen molar-refractivity contribution in [2.75, 3.05) is 0 Å². The van der Waals surface area contributed by atoms with Crippen molar-refractivity contribution in [3.05, 3.63) is 52.7 Å². The maximum absolute atomic E-state index is 12.6. The molecule has 0 radical (unpaired) electrons. The van der Waals surface area contributed by atoms with Gasteiger partial charge in [-0.3, -0.25) is 4.79 Å². The largest absolute Gasteiger partial charge is 0.508 e. The van der Waals surface area contributed by atoms with E-state index in [1.54, 1.807) is 0 Å². The van der Waals surface area contributed by atoms with Gasteiger partial charge in [0.25, 0.3) is 0 Å². The summed E-state index contributed by atoms with van der Waals surface area (Å²) in [5, 5.41) is 58.4. The fourth-order valence-corrected chi connectivity index (χ4v) is 3.69. The van der Waals surface area contributed by atoms with Crippen LogP contribution >= 0.6 is 0 Å². The second kappa shape index (κ2) is 10.2. The molecule has 2 heterocycles. The Kier molecular flexibility index (Phi) is 7.16. The summed E-state index contributed by atoms with van der Waals surface area (Å²) in [6, 6.07) is 9.13. The Bertz CT molecular complexity index is 1380. The van der Waals surface area contributed by atoms with Crippen LogP contribution < -0.4 is 10.2 Å². The highest BCUT2D eigenvalue weighted by molar-refractivity contribution is 5.87. The summed E-state index contributed by atoms with van der Waals surface area (Å²) in [7, 11) is 0. The summed E-state index contributed by atoms with van der Waals surface area (Å²) in [6.45, 7) is 1.19. The minimum Gasteiger partial charge on any atom is -0.508 e. The van der Waals surface area contributed by atoms with Crippen LogP contribution in [-0.2, 0) is 19.1 Å². The highest BCUT2D eigenvalue weighted by atomic mass is 16.7. The minimum absolute atomic E-state index is 0.00498. The number of carboxylic acid groups (broad SMARTS) is 1. The van der Waals surface area contributed by atoms with Crippen molar-refractivity contribution in [3.63, 3.8) is 0 Å². The third-order valence-corrected chi connectivity index (χ3v) is 5.64. The lowest BCUT2D eigenvalue weighted by Crippen LogP contribution is -2.61. The molecule has 6 N–H and O–H groups in total. The van der Waals surface area contributed by atoms with E-state index in [0.717, 1.165) is 12.1 Å². The standard InChI is InChI=1S/C24H22O13/c1-9(34-24-20(30)18(28)19(29)21(37-24)22(31)32)23(33)35-12-6-13(26)17-14(27)8-15(36-16(17)7-12)10-2-4-11(25)5-3-10/h2-9,18-21,24-26,28-30H,1H3,(H,31,32)/t9-,18-,19-,20+,21-,24-/m1/s1. The molecule has 6 atom stereocenters. The molecule has 0 aliphatic carbocycles. The fourth-order valence-electron chi connectivity index (χ4n) is 3.69. The predicted molar refractivity (Wildman–Crippen MR) is 122 cm³/mol. The molecule has 37 heavy (non-hydrogen) atoms. The predicted octanol–water partition coefficient (Wildman–Crippen LogP) is 0.0739. The fraction of sp³-hybridized carbons (Fsp3) is 0.292. The van der Waals surface area contributed by atoms with Crippen LogP contribution in [0, 0.1) is 0 Å². The Morgan fingerprint density at radius 2 is 1.65 bits per heavy atom. The first-order valence-electron chi connectivity index (χ1n) is 10.9. The molecule has 0 bridgehead atoms. The van der Waals surface area contributed by atoms with Crippen molar-refractivity contribution in [2.24, 2.45) is 0 Å². The number of hydrogen-bond acceptors (Lipinski definition) is 12. The summed E-state index contributed by atoms with van der Waals surface area (Å²) in [4.78, 5) is 36.4. The van der Waals surface area contributed by atoms with E-state index in [2.05, 4.69) is 0 Å². The first-order chi connectivity index (χ1) is 17.5. The molecule has 3 aromatic rings. The third kappa shape index (κ3) is 5.26. The van der Waals surface area contributed by atoms with Crippen LogP contribution in [0.4, 0.5) is 0 Å². The van der Waals surface area contributed by atoms with Gasteiger partial charge in [-0.1, -0.05) is 0 Å². The second-order valence-corrected chi connectivity index (χ2v) is 8.27. The van der Waals surface area contributed by atoms with E-state index in [9.17, 15) is 39.9 Å². The van der Waals surface area contributed by atoms with E-state index in [0.29, 0.717) is 5.56 Å². The van der Waals surface area contributed by atoms with E-state index in [-0.39, 0.29) is 28.2 Å². The van der Waals surface area contributed by atoms with E-state index in [1.165, 1.54) is 37.3 Å². The molecular weight excluding hydrogens is 496 g/mol. The Labute approximate surface area is 207 Å². The number of hydrogen-bond donors (Lipinski definition) is 6. The molecule has 0 unspecified atom stereocenters. The van der Waals surface area contributed by atoms with Crippen LogP contribution in [0.5, 0.6) is 17.2 Å². The number of benzene rings is 2. The van der Waals surface area contributed by atoms with E-state index < -0.39 is 59.9 Å². The van der Waals surface area contributed by atoms with Gasteiger partial charge in [0.2, 0.25) is 0 Å². The lowest BCUT2D eigenvalue weighted by Gasteiger charge is -2.39. The smallest absolute Gasteiger partial charge is 0.340 e. The molecule has 196 valence electrons. The molecule has 0 amide bonds. The number of aliphatic carboxylic acids is 1. The number of esters is 1. The molecule has 2 aromatic carbocycles. The average molecular weight is 518 g/mol. The average Bonchev–Trinajstić information content (AvgIpc) is 2.83. The SMILES string of the molecule is C[C@@H](O[C@@H]1O[C@@H](C(=O)O)[C@H](O)[C@@H](O)[C@@H]1O)C(=O)Oc1cc(O)c2c(=O)cc(-c3ccc(O)cc3)oc2c1. The monoisotopic (exact) mass is 518 g/mol. The van der Waals surface area contributed by atoms with Gasteiger partial charge in [-0.05, 0) is 31.2 Å². The van der Waals surface area contributed by atoms with Crippen molar-refractivity contribution in [1.29, 1.82) is 0 Å². The van der Waals surface area contributed by atoms with Gasteiger partial charge < -0.3 is 49.3 Å². The lowest BCUT2D eigenvalue weighted by molar-refractivity contribution is -0.301. The Morgan fingerprint density at radius 3 is 2.30 bits per heavy atom. The zero-order valence-electron chi connectivity index (χ0n) is 19.0. The molecular formula is C24H22O13. The van der Waals surface area contributed by atoms with Crippen LogP contribution in [0.1, 0.15) is 6.92 Å². The van der Waals surface area contributed by atoms with Gasteiger partial charge in [0, 0.05) is 23.8 Å². The molecule has 0 spiro atoms. The molecule has 0 saturated carbocycles. The number of carboxylic acids is 1. The van der Waals surface area contributed by atoms with Crippen LogP contribution in [0.15, 0.2) is 51.7 Å². The molecule has 13 heteroatoms. The van der Waals surface area contributed by atoms with Crippen LogP contribution in [0.2, 0.25) is 0 Å². The van der Waals surface area contributed by atoms with Gasteiger partial charge in [-0.2, -0.15) is 0 Å². The highest BCUT2D eigenvalue weighted by Crippen LogP contribution is 2.32. The zero-order chi connectivity index (χ0) is 27.0. The lowest BCUT2D eigenvalue weighted by atomic mass is 9.99. The first-order valence-corrected chi connectivity index (χ1v) is 10.9. The number of fused-ring (bicyclic) bond motifs is 1. The number of carbonyl (C=O) groups excluding carboxylic acids is 1. The zero-order valence-corrected chi connectivity index (χ0v) is 19.0. The number of phenols is 2. The number of carbonyl (C=O) groups is 2. The van der Waals surface area contributed by atoms with Crippen molar-refractivity contribution in [1.82, 2.24) is 0 Å². The number of rotatable bonds is 6. The molecule has 1 aliphatic rings.